The summed E-state index contributed by atoms with van der Waals surface area (Å²) in [5.74, 6) is 2.19. The number of carbonyl (C=O) groups is 1. The number of nitrogens with zero attached hydrogens (tertiary/aromatic N) is 5. The van der Waals surface area contributed by atoms with Crippen LogP contribution in [0.25, 0.3) is 5.82 Å². The van der Waals surface area contributed by atoms with E-state index >= 15 is 0 Å². The molecule has 0 saturated carbocycles. The van der Waals surface area contributed by atoms with Crippen LogP contribution in [0.5, 0.6) is 0 Å². The number of rotatable bonds is 5. The quantitative estimate of drug-likeness (QED) is 0.753. The van der Waals surface area contributed by atoms with E-state index in [0.717, 1.165) is 31.0 Å². The molecule has 8 heteroatoms. The fraction of sp³-hybridized carbons (Fsp3) is 0.333. The summed E-state index contributed by atoms with van der Waals surface area (Å²) >= 11 is 0. The van der Waals surface area contributed by atoms with Crippen molar-refractivity contribution in [1.82, 2.24) is 25.3 Å². The molecule has 4 heterocycles. The molecule has 1 aliphatic heterocycles. The zero-order chi connectivity index (χ0) is 17.8. The molecule has 1 saturated heterocycles. The van der Waals surface area contributed by atoms with Gasteiger partial charge in [0.2, 0.25) is 5.91 Å². The van der Waals surface area contributed by atoms with E-state index in [1.54, 1.807) is 17.1 Å². The van der Waals surface area contributed by atoms with Crippen LogP contribution in [0.2, 0.25) is 0 Å². The van der Waals surface area contributed by atoms with Crippen LogP contribution in [0.15, 0.2) is 53.4 Å². The van der Waals surface area contributed by atoms with Crippen LogP contribution < -0.4 is 10.2 Å². The van der Waals surface area contributed by atoms with E-state index in [1.165, 1.54) is 0 Å². The molecule has 0 aromatic carbocycles. The van der Waals surface area contributed by atoms with Gasteiger partial charge in [-0.1, -0.05) is 0 Å². The Kier molecular flexibility index (Phi) is 4.63. The first-order chi connectivity index (χ1) is 12.8. The fourth-order valence-electron chi connectivity index (χ4n) is 3.14. The molecule has 3 aromatic heterocycles. The summed E-state index contributed by atoms with van der Waals surface area (Å²) in [5.41, 5.74) is 0. The van der Waals surface area contributed by atoms with Crippen molar-refractivity contribution < 1.29 is 9.21 Å². The van der Waals surface area contributed by atoms with E-state index in [4.69, 9.17) is 4.42 Å². The highest BCUT2D eigenvalue weighted by molar-refractivity contribution is 5.79. The lowest BCUT2D eigenvalue weighted by Gasteiger charge is -2.32. The normalized spacial score (nSPS) is 17.2. The molecule has 4 rings (SSSR count). The smallest absolute Gasteiger partial charge is 0.225 e. The van der Waals surface area contributed by atoms with Gasteiger partial charge in [0, 0.05) is 25.5 Å². The van der Waals surface area contributed by atoms with Gasteiger partial charge in [-0.15, -0.1) is 10.2 Å². The van der Waals surface area contributed by atoms with Crippen LogP contribution in [0.4, 0.5) is 5.82 Å². The highest BCUT2D eigenvalue weighted by atomic mass is 16.3. The van der Waals surface area contributed by atoms with Gasteiger partial charge < -0.3 is 14.6 Å². The van der Waals surface area contributed by atoms with E-state index in [0.29, 0.717) is 18.9 Å². The summed E-state index contributed by atoms with van der Waals surface area (Å²) in [4.78, 5) is 14.6. The molecule has 0 aliphatic carbocycles. The monoisotopic (exact) mass is 352 g/mol. The third kappa shape index (κ3) is 3.58. The summed E-state index contributed by atoms with van der Waals surface area (Å²) in [7, 11) is 0. The van der Waals surface area contributed by atoms with Gasteiger partial charge in [0.25, 0.3) is 0 Å². The Bertz CT molecular complexity index is 829. The van der Waals surface area contributed by atoms with Crippen LogP contribution >= 0.6 is 0 Å². The van der Waals surface area contributed by atoms with Gasteiger partial charge in [-0.2, -0.15) is 5.10 Å². The molecule has 26 heavy (non-hydrogen) atoms. The lowest BCUT2D eigenvalue weighted by atomic mass is 9.97. The Morgan fingerprint density at radius 2 is 2.12 bits per heavy atom. The molecule has 0 radical (unpaired) electrons. The number of hydrogen-bond acceptors (Lipinski definition) is 6. The number of aromatic nitrogens is 4. The standard InChI is InChI=1S/C18H20N6O2/c25-18(19-12-15-5-2-11-26-15)14-4-1-9-23(13-14)16-6-7-17(22-21-16)24-10-3-8-20-24/h2-3,5-8,10-11,14H,1,4,9,12-13H2,(H,19,25)/t14-/m0/s1. The number of nitrogens with one attached hydrogen (secondary N) is 1. The number of piperidine rings is 1. The Morgan fingerprint density at radius 1 is 1.23 bits per heavy atom. The first-order valence-electron chi connectivity index (χ1n) is 8.68. The minimum Gasteiger partial charge on any atom is -0.467 e. The van der Waals surface area contributed by atoms with Crippen LogP contribution in [0.3, 0.4) is 0 Å². The maximum Gasteiger partial charge on any atom is 0.225 e. The Labute approximate surface area is 150 Å². The van der Waals surface area contributed by atoms with Gasteiger partial charge in [-0.05, 0) is 43.2 Å². The molecule has 1 aliphatic rings. The minimum absolute atomic E-state index is 0.0484. The maximum atomic E-state index is 12.5. The van der Waals surface area contributed by atoms with E-state index in [2.05, 4.69) is 25.5 Å². The summed E-state index contributed by atoms with van der Waals surface area (Å²) in [6.07, 6.45) is 6.95. The van der Waals surface area contributed by atoms with E-state index in [1.807, 2.05) is 36.5 Å². The highest BCUT2D eigenvalue weighted by Crippen LogP contribution is 2.22. The number of carbonyl (C=O) groups excluding carboxylic acids is 1. The van der Waals surface area contributed by atoms with Gasteiger partial charge in [-0.25, -0.2) is 4.68 Å². The zero-order valence-corrected chi connectivity index (χ0v) is 14.3. The number of hydrogen-bond donors (Lipinski definition) is 1. The van der Waals surface area contributed by atoms with Crippen LogP contribution in [0, 0.1) is 5.92 Å². The van der Waals surface area contributed by atoms with Gasteiger partial charge in [0.15, 0.2) is 11.6 Å². The largest absolute Gasteiger partial charge is 0.467 e. The number of amides is 1. The fourth-order valence-corrected chi connectivity index (χ4v) is 3.14. The molecule has 1 fully saturated rings. The second kappa shape index (κ2) is 7.38. The molecular formula is C18H20N6O2. The molecule has 3 aromatic rings. The third-order valence-electron chi connectivity index (χ3n) is 4.51. The Hall–Kier alpha value is -3.16. The molecule has 8 nitrogen and oxygen atoms in total. The van der Waals surface area contributed by atoms with Gasteiger partial charge in [0.1, 0.15) is 5.76 Å². The summed E-state index contributed by atoms with van der Waals surface area (Å²) in [6.45, 7) is 1.93. The second-order valence-electron chi connectivity index (χ2n) is 6.28. The predicted octanol–water partition coefficient (Wildman–Crippen LogP) is 1.79. The topological polar surface area (TPSA) is 89.1 Å². The van der Waals surface area contributed by atoms with Crippen molar-refractivity contribution in [3.8, 4) is 5.82 Å². The lowest BCUT2D eigenvalue weighted by Crippen LogP contribution is -2.43. The van der Waals surface area contributed by atoms with E-state index in [-0.39, 0.29) is 11.8 Å². The average molecular weight is 352 g/mol. The first kappa shape index (κ1) is 16.3. The van der Waals surface area contributed by atoms with E-state index in [9.17, 15) is 4.79 Å². The Morgan fingerprint density at radius 3 is 2.85 bits per heavy atom. The summed E-state index contributed by atoms with van der Waals surface area (Å²) in [5, 5.41) is 15.6. The van der Waals surface area contributed by atoms with Crippen LogP contribution in [-0.2, 0) is 11.3 Å². The summed E-state index contributed by atoms with van der Waals surface area (Å²) < 4.78 is 6.92. The van der Waals surface area contributed by atoms with Crippen molar-refractivity contribution in [2.75, 3.05) is 18.0 Å². The van der Waals surface area contributed by atoms with Crippen LogP contribution in [-0.4, -0.2) is 39.0 Å². The van der Waals surface area contributed by atoms with Gasteiger partial charge in [-0.3, -0.25) is 4.79 Å². The zero-order valence-electron chi connectivity index (χ0n) is 14.3. The van der Waals surface area contributed by atoms with Crippen molar-refractivity contribution in [2.45, 2.75) is 19.4 Å². The molecule has 0 unspecified atom stereocenters. The summed E-state index contributed by atoms with van der Waals surface area (Å²) in [6, 6.07) is 9.31. The average Bonchev–Trinajstić information content (AvgIpc) is 3.40. The van der Waals surface area contributed by atoms with Crippen LogP contribution in [0.1, 0.15) is 18.6 Å². The van der Waals surface area contributed by atoms with Gasteiger partial charge in [0.05, 0.1) is 18.7 Å². The lowest BCUT2D eigenvalue weighted by molar-refractivity contribution is -0.125. The number of furan rings is 1. The molecule has 1 amide bonds. The highest BCUT2D eigenvalue weighted by Gasteiger charge is 2.26. The van der Waals surface area contributed by atoms with Crippen molar-refractivity contribution in [3.63, 3.8) is 0 Å². The molecular weight excluding hydrogens is 332 g/mol. The van der Waals surface area contributed by atoms with Gasteiger partial charge >= 0.3 is 0 Å². The van der Waals surface area contributed by atoms with E-state index < -0.39 is 0 Å². The molecule has 134 valence electrons. The van der Waals surface area contributed by atoms with Crippen molar-refractivity contribution in [2.24, 2.45) is 5.92 Å². The third-order valence-corrected chi connectivity index (χ3v) is 4.51. The first-order valence-corrected chi connectivity index (χ1v) is 8.68. The molecule has 0 bridgehead atoms. The van der Waals surface area contributed by atoms with Crippen molar-refractivity contribution in [1.29, 1.82) is 0 Å². The molecule has 1 N–H and O–H groups in total. The predicted molar refractivity (Wildman–Crippen MR) is 94.6 cm³/mol. The SMILES string of the molecule is O=C(NCc1ccco1)[C@H]1CCCN(c2ccc(-n3cccn3)nn2)C1. The minimum atomic E-state index is -0.0636. The molecule has 0 spiro atoms. The van der Waals surface area contributed by atoms with Crippen molar-refractivity contribution in [3.05, 3.63) is 54.7 Å². The maximum absolute atomic E-state index is 12.5. The molecule has 1 atom stereocenters. The Balaban J connectivity index is 1.37. The number of anilines is 1. The van der Waals surface area contributed by atoms with Crippen molar-refractivity contribution >= 4 is 11.7 Å². The second-order valence-corrected chi connectivity index (χ2v) is 6.28.